The van der Waals surface area contributed by atoms with Crippen LogP contribution in [0.25, 0.3) is 5.57 Å². The van der Waals surface area contributed by atoms with Gasteiger partial charge in [0.1, 0.15) is 5.76 Å². The number of allylic oxidation sites excluding steroid dienone is 3. The second-order valence-corrected chi connectivity index (χ2v) is 6.29. The number of nitrogens with one attached hydrogen (secondary N) is 1. The van der Waals surface area contributed by atoms with Crippen molar-refractivity contribution in [1.29, 1.82) is 0 Å². The number of aromatic nitrogens is 1. The van der Waals surface area contributed by atoms with Crippen LogP contribution in [0.3, 0.4) is 0 Å². The molecule has 0 saturated carbocycles. The molecule has 8 heteroatoms. The summed E-state index contributed by atoms with van der Waals surface area (Å²) in [7, 11) is 2.78. The molecule has 1 aliphatic rings. The minimum absolute atomic E-state index is 0.114. The van der Waals surface area contributed by atoms with Crippen molar-refractivity contribution in [2.24, 2.45) is 5.92 Å². The number of ether oxygens (including phenoxy) is 3. The summed E-state index contributed by atoms with van der Waals surface area (Å²) in [6.07, 6.45) is 5.82. The van der Waals surface area contributed by atoms with Gasteiger partial charge in [-0.05, 0) is 12.2 Å². The molecule has 1 unspecified atom stereocenters. The molecule has 0 fully saturated rings. The third-order valence-corrected chi connectivity index (χ3v) is 4.07. The average Bonchev–Trinajstić information content (AvgIpc) is 2.94. The standard InChI is InChI=1S/C17H20N2O5S/c1-10(2)15(20)19-16-18-13(9-25-16)12-7-5-6-11(22-3)8-14(12)24-17(21)23-4/h5-11H,1-4H3,(H,18,19,20). The molecule has 0 bridgehead atoms. The number of rotatable bonds is 5. The van der Waals surface area contributed by atoms with Crippen LogP contribution < -0.4 is 5.32 Å². The predicted molar refractivity (Wildman–Crippen MR) is 95.1 cm³/mol. The van der Waals surface area contributed by atoms with Crippen LogP contribution in [0.4, 0.5) is 9.93 Å². The van der Waals surface area contributed by atoms with Gasteiger partial charge in [-0.1, -0.05) is 26.0 Å². The quantitative estimate of drug-likeness (QED) is 0.806. The van der Waals surface area contributed by atoms with Crippen LogP contribution in [0.5, 0.6) is 0 Å². The van der Waals surface area contributed by atoms with E-state index >= 15 is 0 Å². The van der Waals surface area contributed by atoms with Crippen LogP contribution in [0.15, 0.2) is 35.4 Å². The Labute approximate surface area is 150 Å². The third-order valence-electron chi connectivity index (χ3n) is 3.31. The maximum Gasteiger partial charge on any atom is 0.513 e. The maximum absolute atomic E-state index is 11.8. The van der Waals surface area contributed by atoms with Crippen molar-refractivity contribution in [3.05, 3.63) is 41.1 Å². The first-order chi connectivity index (χ1) is 11.9. The molecule has 7 nitrogen and oxygen atoms in total. The van der Waals surface area contributed by atoms with Crippen molar-refractivity contribution in [1.82, 2.24) is 4.98 Å². The van der Waals surface area contributed by atoms with Gasteiger partial charge in [0.2, 0.25) is 5.91 Å². The topological polar surface area (TPSA) is 86.8 Å². The van der Waals surface area contributed by atoms with E-state index in [2.05, 4.69) is 15.0 Å². The van der Waals surface area contributed by atoms with Crippen LogP contribution in [-0.2, 0) is 19.0 Å². The van der Waals surface area contributed by atoms with Gasteiger partial charge in [-0.2, -0.15) is 0 Å². The zero-order valence-corrected chi connectivity index (χ0v) is 15.3. The van der Waals surface area contributed by atoms with Crippen molar-refractivity contribution < 1.29 is 23.8 Å². The summed E-state index contributed by atoms with van der Waals surface area (Å²) in [6, 6.07) is 0. The van der Waals surface area contributed by atoms with E-state index in [1.54, 1.807) is 44.6 Å². The lowest BCUT2D eigenvalue weighted by molar-refractivity contribution is -0.118. The summed E-state index contributed by atoms with van der Waals surface area (Å²) in [6.45, 7) is 3.61. The summed E-state index contributed by atoms with van der Waals surface area (Å²) < 4.78 is 15.1. The molecule has 0 aromatic carbocycles. The fourth-order valence-electron chi connectivity index (χ4n) is 1.92. The number of methoxy groups -OCH3 is 2. The van der Waals surface area contributed by atoms with E-state index in [9.17, 15) is 9.59 Å². The van der Waals surface area contributed by atoms with E-state index in [4.69, 9.17) is 9.47 Å². The number of amides is 1. The molecule has 0 radical (unpaired) electrons. The Morgan fingerprint density at radius 3 is 2.72 bits per heavy atom. The van der Waals surface area contributed by atoms with Crippen molar-refractivity contribution in [2.45, 2.75) is 20.0 Å². The lowest BCUT2D eigenvalue weighted by Gasteiger charge is -2.11. The van der Waals surface area contributed by atoms with Crippen molar-refractivity contribution in [2.75, 3.05) is 19.5 Å². The van der Waals surface area contributed by atoms with E-state index in [0.717, 1.165) is 0 Å². The highest BCUT2D eigenvalue weighted by molar-refractivity contribution is 7.14. The fourth-order valence-corrected chi connectivity index (χ4v) is 2.63. The first-order valence-corrected chi connectivity index (χ1v) is 8.48. The Balaban J connectivity index is 2.29. The first-order valence-electron chi connectivity index (χ1n) is 7.60. The molecule has 1 aliphatic carbocycles. The molecule has 1 heterocycles. The number of anilines is 1. The van der Waals surface area contributed by atoms with Crippen LogP contribution in [0.2, 0.25) is 0 Å². The maximum atomic E-state index is 11.8. The molecule has 1 atom stereocenters. The zero-order chi connectivity index (χ0) is 18.4. The predicted octanol–water partition coefficient (Wildman–Crippen LogP) is 3.37. The molecular weight excluding hydrogens is 344 g/mol. The van der Waals surface area contributed by atoms with Gasteiger partial charge in [0.05, 0.1) is 18.9 Å². The van der Waals surface area contributed by atoms with Crippen molar-refractivity contribution in [3.63, 3.8) is 0 Å². The number of carbonyl (C=O) groups excluding carboxylic acids is 2. The Hall–Kier alpha value is -2.45. The molecule has 2 rings (SSSR count). The molecule has 0 aliphatic heterocycles. The first kappa shape index (κ1) is 18.9. The lowest BCUT2D eigenvalue weighted by Crippen LogP contribution is -2.17. The lowest BCUT2D eigenvalue weighted by atomic mass is 10.1. The van der Waals surface area contributed by atoms with Gasteiger partial charge in [0.25, 0.3) is 0 Å². The monoisotopic (exact) mass is 364 g/mol. The number of carbonyl (C=O) groups is 2. The van der Waals surface area contributed by atoms with Crippen LogP contribution >= 0.6 is 11.3 Å². The van der Waals surface area contributed by atoms with E-state index in [1.807, 2.05) is 6.08 Å². The number of hydrogen-bond acceptors (Lipinski definition) is 7. The van der Waals surface area contributed by atoms with E-state index < -0.39 is 6.16 Å². The smallest absolute Gasteiger partial charge is 0.437 e. The highest BCUT2D eigenvalue weighted by atomic mass is 32.1. The Kier molecular flexibility index (Phi) is 6.49. The highest BCUT2D eigenvalue weighted by Gasteiger charge is 2.20. The molecule has 1 amide bonds. The molecule has 1 aromatic heterocycles. The summed E-state index contributed by atoms with van der Waals surface area (Å²) >= 11 is 1.29. The van der Waals surface area contributed by atoms with Crippen LogP contribution in [0, 0.1) is 5.92 Å². The van der Waals surface area contributed by atoms with E-state index in [1.165, 1.54) is 18.4 Å². The largest absolute Gasteiger partial charge is 0.513 e. The van der Waals surface area contributed by atoms with Gasteiger partial charge in [-0.3, -0.25) is 4.79 Å². The SMILES string of the molecule is COC(=O)OC1=CC(OC)C=CC=C1c1csc(NC(=O)C(C)C)n1. The van der Waals surface area contributed by atoms with Crippen LogP contribution in [-0.4, -0.2) is 37.4 Å². The summed E-state index contributed by atoms with van der Waals surface area (Å²) in [5, 5.41) is 5.00. The van der Waals surface area contributed by atoms with Gasteiger partial charge in [0.15, 0.2) is 5.13 Å². The summed E-state index contributed by atoms with van der Waals surface area (Å²) in [5.74, 6) is 0.0142. The highest BCUT2D eigenvalue weighted by Crippen LogP contribution is 2.30. The molecule has 1 N–H and O–H groups in total. The minimum atomic E-state index is -0.836. The average molecular weight is 364 g/mol. The summed E-state index contributed by atoms with van der Waals surface area (Å²) in [4.78, 5) is 27.7. The second kappa shape index (κ2) is 8.59. The summed E-state index contributed by atoms with van der Waals surface area (Å²) in [5.41, 5.74) is 1.16. The van der Waals surface area contributed by atoms with E-state index in [0.29, 0.717) is 16.4 Å². The number of thiazole rings is 1. The molecule has 1 aromatic rings. The van der Waals surface area contributed by atoms with E-state index in [-0.39, 0.29) is 23.7 Å². The van der Waals surface area contributed by atoms with Crippen LogP contribution in [0.1, 0.15) is 19.5 Å². The van der Waals surface area contributed by atoms with Crippen molar-refractivity contribution >= 4 is 34.1 Å². The molecular formula is C17H20N2O5S. The fraction of sp³-hybridized carbons (Fsp3) is 0.353. The van der Waals surface area contributed by atoms with Gasteiger partial charge < -0.3 is 19.5 Å². The zero-order valence-electron chi connectivity index (χ0n) is 14.4. The molecule has 134 valence electrons. The third kappa shape index (κ3) is 5.01. The number of nitrogens with zero attached hydrogens (tertiary/aromatic N) is 1. The second-order valence-electron chi connectivity index (χ2n) is 5.43. The normalized spacial score (nSPS) is 16.8. The Bertz CT molecular complexity index is 733. The van der Waals surface area contributed by atoms with Gasteiger partial charge in [0, 0.05) is 24.0 Å². The molecule has 0 spiro atoms. The van der Waals surface area contributed by atoms with Crippen molar-refractivity contribution in [3.8, 4) is 0 Å². The molecule has 25 heavy (non-hydrogen) atoms. The Morgan fingerprint density at radius 1 is 1.32 bits per heavy atom. The van der Waals surface area contributed by atoms with Gasteiger partial charge in [-0.15, -0.1) is 11.3 Å². The minimum Gasteiger partial charge on any atom is -0.437 e. The van der Waals surface area contributed by atoms with Gasteiger partial charge in [-0.25, -0.2) is 9.78 Å². The van der Waals surface area contributed by atoms with Gasteiger partial charge >= 0.3 is 6.16 Å². The number of hydrogen-bond donors (Lipinski definition) is 1. The molecule has 0 saturated heterocycles. The Morgan fingerprint density at radius 2 is 2.08 bits per heavy atom.